The number of hydrogen-bond acceptors (Lipinski definition) is 4. The molecule has 218 valence electrons. The molecule has 1 amide bonds. The molecular weight excluding hydrogens is 581 g/mol. The van der Waals surface area contributed by atoms with Crippen molar-refractivity contribution in [2.45, 2.75) is 43.6 Å². The van der Waals surface area contributed by atoms with Gasteiger partial charge >= 0.3 is 12.4 Å². The number of benzene rings is 2. The van der Waals surface area contributed by atoms with Crippen LogP contribution in [0, 0.1) is 5.82 Å². The van der Waals surface area contributed by atoms with Crippen LogP contribution in [0.25, 0.3) is 28.0 Å². The highest BCUT2D eigenvalue weighted by atomic mass is 32.2. The van der Waals surface area contributed by atoms with E-state index < -0.39 is 50.6 Å². The number of hydrogen-bond donors (Lipinski definition) is 2. The van der Waals surface area contributed by atoms with E-state index >= 15 is 0 Å². The number of carbonyl (C=O) groups is 1. The molecule has 2 aromatic carbocycles. The molecule has 0 saturated heterocycles. The lowest BCUT2D eigenvalue weighted by atomic mass is 10.0. The molecule has 0 aliphatic rings. The molecule has 41 heavy (non-hydrogen) atoms. The molecule has 0 spiro atoms. The predicted octanol–water partition coefficient (Wildman–Crippen LogP) is 5.74. The number of alkyl halides is 6. The molecule has 4 rings (SSSR count). The lowest BCUT2D eigenvalue weighted by molar-refractivity contribution is -0.147. The summed E-state index contributed by atoms with van der Waals surface area (Å²) in [4.78, 5) is 16.0. The third-order valence-electron chi connectivity index (χ3n) is 6.33. The minimum atomic E-state index is -4.86. The molecule has 2 heterocycles. The summed E-state index contributed by atoms with van der Waals surface area (Å²) in [5.74, 6) is -1.71. The normalized spacial score (nSPS) is 13.5. The largest absolute Gasteiger partial charge is 0.416 e. The molecule has 0 unspecified atom stereocenters. The molecule has 4 aromatic rings. The third-order valence-corrected chi connectivity index (χ3v) is 7.85. The first kappa shape index (κ1) is 30.0. The van der Waals surface area contributed by atoms with Gasteiger partial charge in [0.2, 0.25) is 10.0 Å². The summed E-state index contributed by atoms with van der Waals surface area (Å²) in [5, 5.41) is 0.0151. The number of pyridine rings is 1. The van der Waals surface area contributed by atoms with Gasteiger partial charge in [-0.15, -0.1) is 0 Å². The van der Waals surface area contributed by atoms with Gasteiger partial charge in [0.15, 0.2) is 0 Å². The number of rotatable bonds is 7. The van der Waals surface area contributed by atoms with Gasteiger partial charge < -0.3 is 10.3 Å². The molecule has 15 heteroatoms. The average molecular weight is 603 g/mol. The van der Waals surface area contributed by atoms with Crippen LogP contribution >= 0.6 is 0 Å². The van der Waals surface area contributed by atoms with Crippen LogP contribution in [0.4, 0.5) is 30.7 Å². The standard InChI is InChI=1S/C26H21F7N4O3S/c1-3-14-10-21-18(11-19(14)27)22(24(34)38)23(37(21)16-6-4-15(5-7-16)26(31,32)33)20-9-8-17(12-35-20)41(39,40)36-13(2)25(28,29)30/h4-13,36H,3H2,1-2H3,(H2,34,38)/t13-/m0/s1. The van der Waals surface area contributed by atoms with Gasteiger partial charge in [0.25, 0.3) is 5.91 Å². The molecular formula is C26H21F7N4O3S. The van der Waals surface area contributed by atoms with Gasteiger partial charge in [0.1, 0.15) is 16.8 Å². The number of halogens is 7. The Morgan fingerprint density at radius 3 is 2.17 bits per heavy atom. The molecule has 0 aliphatic carbocycles. The first-order valence-electron chi connectivity index (χ1n) is 11.9. The maximum atomic E-state index is 14.8. The number of carbonyl (C=O) groups excluding carboxylic acids is 1. The van der Waals surface area contributed by atoms with E-state index in [2.05, 4.69) is 4.98 Å². The summed E-state index contributed by atoms with van der Waals surface area (Å²) < 4.78 is 121. The van der Waals surface area contributed by atoms with E-state index in [1.165, 1.54) is 15.4 Å². The Kier molecular flexibility index (Phi) is 7.64. The van der Waals surface area contributed by atoms with Crippen LogP contribution in [0.5, 0.6) is 0 Å². The maximum absolute atomic E-state index is 14.8. The summed E-state index contributed by atoms with van der Waals surface area (Å²) in [7, 11) is -4.68. The molecule has 2 aromatic heterocycles. The number of aryl methyl sites for hydroxylation is 1. The van der Waals surface area contributed by atoms with Gasteiger partial charge in [0, 0.05) is 17.3 Å². The Morgan fingerprint density at radius 1 is 1.05 bits per heavy atom. The van der Waals surface area contributed by atoms with Crippen LogP contribution < -0.4 is 10.5 Å². The predicted molar refractivity (Wildman–Crippen MR) is 135 cm³/mol. The Morgan fingerprint density at radius 2 is 1.68 bits per heavy atom. The first-order chi connectivity index (χ1) is 19.0. The quantitative estimate of drug-likeness (QED) is 0.263. The van der Waals surface area contributed by atoms with Crippen molar-refractivity contribution >= 4 is 26.8 Å². The molecule has 0 radical (unpaired) electrons. The minimum Gasteiger partial charge on any atom is -0.366 e. The number of fused-ring (bicyclic) bond motifs is 1. The lowest BCUT2D eigenvalue weighted by Gasteiger charge is -2.17. The second kappa shape index (κ2) is 10.4. The Bertz CT molecular complexity index is 1730. The van der Waals surface area contributed by atoms with E-state index in [0.717, 1.165) is 48.7 Å². The van der Waals surface area contributed by atoms with E-state index in [9.17, 15) is 43.9 Å². The molecule has 7 nitrogen and oxygen atoms in total. The fourth-order valence-corrected chi connectivity index (χ4v) is 5.40. The molecule has 0 fully saturated rings. The van der Waals surface area contributed by atoms with E-state index in [0.29, 0.717) is 6.92 Å². The fourth-order valence-electron chi connectivity index (χ4n) is 4.23. The molecule has 0 saturated carbocycles. The maximum Gasteiger partial charge on any atom is 0.416 e. The number of nitrogens with zero attached hydrogens (tertiary/aromatic N) is 2. The average Bonchev–Trinajstić information content (AvgIpc) is 3.21. The highest BCUT2D eigenvalue weighted by Gasteiger charge is 2.39. The van der Waals surface area contributed by atoms with E-state index in [-0.39, 0.29) is 45.5 Å². The summed E-state index contributed by atoms with van der Waals surface area (Å²) >= 11 is 0. The van der Waals surface area contributed by atoms with Gasteiger partial charge in [-0.1, -0.05) is 6.92 Å². The number of aromatic nitrogens is 2. The zero-order valence-electron chi connectivity index (χ0n) is 21.2. The molecule has 0 bridgehead atoms. The number of sulfonamides is 1. The summed E-state index contributed by atoms with van der Waals surface area (Å²) in [6.07, 6.45) is -8.52. The van der Waals surface area contributed by atoms with Gasteiger partial charge in [-0.2, -0.15) is 31.1 Å². The van der Waals surface area contributed by atoms with Crippen molar-refractivity contribution in [2.24, 2.45) is 5.73 Å². The highest BCUT2D eigenvalue weighted by Crippen LogP contribution is 2.38. The third kappa shape index (κ3) is 5.77. The second-order valence-electron chi connectivity index (χ2n) is 9.05. The summed E-state index contributed by atoms with van der Waals surface area (Å²) in [6, 6.07) is 5.92. The van der Waals surface area contributed by atoms with Crippen molar-refractivity contribution < 1.29 is 43.9 Å². The topological polar surface area (TPSA) is 107 Å². The number of nitrogens with two attached hydrogens (primary N) is 1. The number of nitrogens with one attached hydrogen (secondary N) is 1. The van der Waals surface area contributed by atoms with Crippen molar-refractivity contribution in [1.29, 1.82) is 0 Å². The number of amides is 1. The SMILES string of the molecule is CCc1cc2c(cc1F)c(C(N)=O)c(-c1ccc(S(=O)(=O)N[C@@H](C)C(F)(F)F)cn1)n2-c1ccc(C(F)(F)F)cc1. The van der Waals surface area contributed by atoms with Crippen molar-refractivity contribution in [1.82, 2.24) is 14.3 Å². The fraction of sp³-hybridized carbons (Fsp3) is 0.231. The highest BCUT2D eigenvalue weighted by molar-refractivity contribution is 7.89. The monoisotopic (exact) mass is 602 g/mol. The Hall–Kier alpha value is -3.98. The van der Waals surface area contributed by atoms with E-state index in [1.54, 1.807) is 6.92 Å². The minimum absolute atomic E-state index is 0.0151. The lowest BCUT2D eigenvalue weighted by Crippen LogP contribution is -2.42. The van der Waals surface area contributed by atoms with Crippen LogP contribution in [-0.4, -0.2) is 36.1 Å². The van der Waals surface area contributed by atoms with Crippen LogP contribution in [0.1, 0.15) is 35.3 Å². The van der Waals surface area contributed by atoms with Crippen molar-refractivity contribution in [2.75, 3.05) is 0 Å². The molecule has 3 N–H and O–H groups in total. The summed E-state index contributed by atoms with van der Waals surface area (Å²) in [5.41, 5.74) is 4.76. The summed E-state index contributed by atoms with van der Waals surface area (Å²) in [6.45, 7) is 2.28. The van der Waals surface area contributed by atoms with Gasteiger partial charge in [-0.25, -0.2) is 12.8 Å². The zero-order chi connectivity index (χ0) is 30.5. The first-order valence-corrected chi connectivity index (χ1v) is 13.3. The zero-order valence-corrected chi connectivity index (χ0v) is 22.0. The smallest absolute Gasteiger partial charge is 0.366 e. The van der Waals surface area contributed by atoms with E-state index in [1.807, 2.05) is 0 Å². The Balaban J connectivity index is 1.97. The van der Waals surface area contributed by atoms with Crippen molar-refractivity contribution in [3.05, 3.63) is 77.2 Å². The van der Waals surface area contributed by atoms with Crippen molar-refractivity contribution in [3.8, 4) is 17.1 Å². The number of primary amides is 1. The van der Waals surface area contributed by atoms with Crippen LogP contribution in [0.3, 0.4) is 0 Å². The molecule has 1 atom stereocenters. The van der Waals surface area contributed by atoms with Gasteiger partial charge in [0.05, 0.1) is 28.0 Å². The van der Waals surface area contributed by atoms with Crippen LogP contribution in [-0.2, 0) is 22.6 Å². The van der Waals surface area contributed by atoms with Gasteiger partial charge in [-0.05, 0) is 67.4 Å². The van der Waals surface area contributed by atoms with Gasteiger partial charge in [-0.3, -0.25) is 9.78 Å². The van der Waals surface area contributed by atoms with E-state index in [4.69, 9.17) is 5.73 Å². The molecule has 0 aliphatic heterocycles. The van der Waals surface area contributed by atoms with Crippen LogP contribution in [0.2, 0.25) is 0 Å². The Labute approximate surface area is 228 Å². The second-order valence-corrected chi connectivity index (χ2v) is 10.8. The van der Waals surface area contributed by atoms with Crippen LogP contribution in [0.15, 0.2) is 59.6 Å². The van der Waals surface area contributed by atoms with Crippen molar-refractivity contribution in [3.63, 3.8) is 0 Å².